The number of pyridine rings is 1. The van der Waals surface area contributed by atoms with E-state index in [4.69, 9.17) is 4.98 Å². The minimum absolute atomic E-state index is 0. The molecule has 0 aliphatic carbocycles. The van der Waals surface area contributed by atoms with Crippen molar-refractivity contribution in [3.63, 3.8) is 0 Å². The molecule has 1 aliphatic heterocycles. The summed E-state index contributed by atoms with van der Waals surface area (Å²) in [6.07, 6.45) is 6.20. The predicted octanol–water partition coefficient (Wildman–Crippen LogP) is 12.0. The average Bonchev–Trinajstić information content (AvgIpc) is 3.76. The maximum atomic E-state index is 4.89. The first-order valence-electron chi connectivity index (χ1n) is 17.7. The van der Waals surface area contributed by atoms with E-state index in [1.165, 1.54) is 22.2 Å². The number of hydrogen-bond acceptors (Lipinski definition) is 4. The topological polar surface area (TPSA) is 27.5 Å². The standard InChI is InChI=1S/C46H43N5.CH3.Pt/c1-45(2,3)33-19-21-35(22-20-33)48-27-28-49(32-48)37-15-12-16-38(30-37)50(36-13-8-7-9-14-36)39-23-24-41-40-17-10-11-18-42(40)51(43(41)31-39)44-29-34(25-26-47-44)46(4,5)6;;/h7-29H,32H2,1-6H3;1H3;/q-2;-1;. The molecule has 0 amide bonds. The molecule has 0 bridgehead atoms. The molecule has 0 radical (unpaired) electrons. The zero-order valence-corrected chi connectivity index (χ0v) is 33.8. The third kappa shape index (κ3) is 7.28. The summed E-state index contributed by atoms with van der Waals surface area (Å²) < 4.78 is 2.25. The van der Waals surface area contributed by atoms with Gasteiger partial charge in [0, 0.05) is 56.6 Å². The van der Waals surface area contributed by atoms with E-state index in [1.54, 1.807) is 0 Å². The Labute approximate surface area is 329 Å². The fourth-order valence-electron chi connectivity index (χ4n) is 6.88. The van der Waals surface area contributed by atoms with Crippen LogP contribution in [0.4, 0.5) is 28.4 Å². The van der Waals surface area contributed by atoms with Gasteiger partial charge in [0.15, 0.2) is 0 Å². The van der Waals surface area contributed by atoms with Crippen molar-refractivity contribution in [2.75, 3.05) is 21.4 Å². The number of rotatable bonds is 6. The second-order valence-corrected chi connectivity index (χ2v) is 15.4. The summed E-state index contributed by atoms with van der Waals surface area (Å²) in [5.41, 5.74) is 9.85. The number of aromatic nitrogens is 2. The van der Waals surface area contributed by atoms with Gasteiger partial charge in [-0.25, -0.2) is 4.98 Å². The summed E-state index contributed by atoms with van der Waals surface area (Å²) >= 11 is 0. The molecule has 0 unspecified atom stereocenters. The van der Waals surface area contributed by atoms with Crippen LogP contribution < -0.4 is 14.7 Å². The third-order valence-corrected chi connectivity index (χ3v) is 9.78. The average molecular weight is 876 g/mol. The molecule has 272 valence electrons. The van der Waals surface area contributed by atoms with Crippen LogP contribution in [0.5, 0.6) is 0 Å². The van der Waals surface area contributed by atoms with Gasteiger partial charge < -0.3 is 26.7 Å². The molecular formula is C47H46N5Pt-3. The second kappa shape index (κ2) is 14.7. The van der Waals surface area contributed by atoms with Gasteiger partial charge >= 0.3 is 0 Å². The molecule has 5 aromatic carbocycles. The zero-order valence-electron chi connectivity index (χ0n) is 31.5. The van der Waals surface area contributed by atoms with Crippen LogP contribution in [0.2, 0.25) is 0 Å². The molecule has 7 aromatic rings. The van der Waals surface area contributed by atoms with Gasteiger partial charge in [0.1, 0.15) is 5.82 Å². The van der Waals surface area contributed by atoms with Gasteiger partial charge in [-0.3, -0.25) is 0 Å². The van der Waals surface area contributed by atoms with Gasteiger partial charge in [-0.2, -0.15) is 12.1 Å². The minimum atomic E-state index is -0.00523. The maximum Gasteiger partial charge on any atom is 0.135 e. The van der Waals surface area contributed by atoms with E-state index < -0.39 is 0 Å². The van der Waals surface area contributed by atoms with Crippen LogP contribution in [0.1, 0.15) is 52.7 Å². The van der Waals surface area contributed by atoms with Crippen LogP contribution in [0.15, 0.2) is 140 Å². The Morgan fingerprint density at radius 3 is 2.04 bits per heavy atom. The van der Waals surface area contributed by atoms with Crippen molar-refractivity contribution >= 4 is 50.2 Å². The van der Waals surface area contributed by atoms with Crippen molar-refractivity contribution in [2.24, 2.45) is 0 Å². The minimum Gasteiger partial charge on any atom is -0.358 e. The predicted molar refractivity (Wildman–Crippen MR) is 220 cm³/mol. The molecule has 0 fully saturated rings. The summed E-state index contributed by atoms with van der Waals surface area (Å²) in [6.45, 7) is 14.2. The van der Waals surface area contributed by atoms with Crippen molar-refractivity contribution in [3.8, 4) is 5.82 Å². The summed E-state index contributed by atoms with van der Waals surface area (Å²) in [4.78, 5) is 11.6. The molecule has 0 spiro atoms. The maximum absolute atomic E-state index is 4.89. The van der Waals surface area contributed by atoms with Crippen molar-refractivity contribution < 1.29 is 21.1 Å². The van der Waals surface area contributed by atoms with Crippen LogP contribution in [-0.4, -0.2) is 16.2 Å². The fourth-order valence-corrected chi connectivity index (χ4v) is 6.88. The number of nitrogens with zero attached hydrogens (tertiary/aromatic N) is 5. The van der Waals surface area contributed by atoms with Gasteiger partial charge in [-0.05, 0) is 69.8 Å². The summed E-state index contributed by atoms with van der Waals surface area (Å²) in [5, 5.41) is 2.32. The van der Waals surface area contributed by atoms with Crippen LogP contribution in [-0.2, 0) is 31.9 Å². The SMILES string of the molecule is CC(C)(C)c1ccc(N2C=CN(c3[c-]c(N(c4[c-]c5c(cc4)c4ccccc4n5-c4cc(C(C)(C)C)ccn4)c4ccccc4)ccc3)C2)cc1.[CH3-].[Pt]. The first kappa shape index (κ1) is 37.6. The molecular weight excluding hydrogens is 830 g/mol. The molecule has 8 rings (SSSR count). The van der Waals surface area contributed by atoms with E-state index in [0.717, 1.165) is 45.0 Å². The molecule has 3 heterocycles. The molecule has 53 heavy (non-hydrogen) atoms. The Kier molecular flexibility index (Phi) is 10.4. The molecule has 0 atom stereocenters. The zero-order chi connectivity index (χ0) is 35.3. The number of fused-ring (bicyclic) bond motifs is 3. The third-order valence-electron chi connectivity index (χ3n) is 9.78. The fraction of sp³-hybridized carbons (Fsp3) is 0.191. The van der Waals surface area contributed by atoms with E-state index in [9.17, 15) is 0 Å². The first-order chi connectivity index (χ1) is 24.5. The Hall–Kier alpha value is -5.12. The molecule has 2 aromatic heterocycles. The van der Waals surface area contributed by atoms with E-state index in [1.807, 2.05) is 6.20 Å². The van der Waals surface area contributed by atoms with Crippen LogP contribution >= 0.6 is 0 Å². The van der Waals surface area contributed by atoms with Crippen molar-refractivity contribution in [1.29, 1.82) is 0 Å². The molecule has 6 heteroatoms. The largest absolute Gasteiger partial charge is 0.358 e. The van der Waals surface area contributed by atoms with Gasteiger partial charge in [-0.1, -0.05) is 113 Å². The van der Waals surface area contributed by atoms with Gasteiger partial charge in [0.05, 0.1) is 6.67 Å². The smallest absolute Gasteiger partial charge is 0.135 e. The second-order valence-electron chi connectivity index (χ2n) is 15.4. The Bertz CT molecular complexity index is 2380. The quantitative estimate of drug-likeness (QED) is 0.156. The van der Waals surface area contributed by atoms with E-state index in [0.29, 0.717) is 6.67 Å². The Balaban J connectivity index is 0.00000240. The molecule has 0 saturated carbocycles. The van der Waals surface area contributed by atoms with E-state index >= 15 is 0 Å². The summed E-state index contributed by atoms with van der Waals surface area (Å²) in [5.74, 6) is 0.889. The van der Waals surface area contributed by atoms with Gasteiger partial charge in [0.2, 0.25) is 0 Å². The normalized spacial score (nSPS) is 12.9. The number of hydrogen-bond donors (Lipinski definition) is 0. The Morgan fingerprint density at radius 2 is 1.30 bits per heavy atom. The van der Waals surface area contributed by atoms with Crippen LogP contribution in [0.25, 0.3) is 27.6 Å². The number of benzene rings is 5. The summed E-state index contributed by atoms with van der Waals surface area (Å²) in [6, 6.07) is 50.7. The number of anilines is 5. The molecule has 0 saturated heterocycles. The van der Waals surface area contributed by atoms with E-state index in [2.05, 4.69) is 207 Å². The van der Waals surface area contributed by atoms with Gasteiger partial charge in [-0.15, -0.1) is 35.7 Å². The van der Waals surface area contributed by atoms with Crippen LogP contribution in [0, 0.1) is 19.6 Å². The number of para-hydroxylation sites is 2. The van der Waals surface area contributed by atoms with Crippen molar-refractivity contribution in [3.05, 3.63) is 171 Å². The molecule has 5 nitrogen and oxygen atoms in total. The van der Waals surface area contributed by atoms with Crippen molar-refractivity contribution in [2.45, 2.75) is 52.4 Å². The monoisotopic (exact) mass is 875 g/mol. The molecule has 0 N–H and O–H groups in total. The van der Waals surface area contributed by atoms with Crippen molar-refractivity contribution in [1.82, 2.24) is 9.55 Å². The van der Waals surface area contributed by atoms with Gasteiger partial charge in [0.25, 0.3) is 0 Å². The first-order valence-corrected chi connectivity index (χ1v) is 17.7. The van der Waals surface area contributed by atoms with Crippen LogP contribution in [0.3, 0.4) is 0 Å². The molecule has 1 aliphatic rings. The van der Waals surface area contributed by atoms with E-state index in [-0.39, 0.29) is 39.3 Å². The Morgan fingerprint density at radius 1 is 0.623 bits per heavy atom. The summed E-state index contributed by atoms with van der Waals surface area (Å²) in [7, 11) is 0.